The molecule has 1 amide bonds. The number of likely N-dealkylation sites (tertiary alicyclic amines) is 1. The molecule has 7 heteroatoms. The van der Waals surface area contributed by atoms with E-state index in [0.29, 0.717) is 37.1 Å². The molecule has 29 heavy (non-hydrogen) atoms. The van der Waals surface area contributed by atoms with E-state index in [1.165, 1.54) is 0 Å². The minimum atomic E-state index is -0.0517. The van der Waals surface area contributed by atoms with Gasteiger partial charge < -0.3 is 15.2 Å². The monoisotopic (exact) mass is 410 g/mol. The number of piperidine rings is 1. The lowest BCUT2D eigenvalue weighted by Gasteiger charge is -2.33. The number of thiophene rings is 1. The zero-order valence-corrected chi connectivity index (χ0v) is 17.6. The molecule has 0 radical (unpaired) electrons. The Morgan fingerprint density at radius 1 is 1.24 bits per heavy atom. The fourth-order valence-corrected chi connectivity index (χ4v) is 4.90. The summed E-state index contributed by atoms with van der Waals surface area (Å²) in [6.07, 6.45) is 2.07. The van der Waals surface area contributed by atoms with Crippen molar-refractivity contribution in [1.29, 1.82) is 0 Å². The second kappa shape index (κ2) is 8.47. The number of benzene rings is 1. The Labute approximate surface area is 174 Å². The summed E-state index contributed by atoms with van der Waals surface area (Å²) in [6.45, 7) is 6.07. The maximum absolute atomic E-state index is 12.4. The molecule has 2 aromatic heterocycles. The fraction of sp³-hybridized carbons (Fsp3) is 0.409. The maximum atomic E-state index is 12.4. The topological polar surface area (TPSA) is 78.1 Å². The van der Waals surface area contributed by atoms with E-state index in [-0.39, 0.29) is 17.5 Å². The van der Waals surface area contributed by atoms with Gasteiger partial charge in [0.15, 0.2) is 0 Å². The van der Waals surface area contributed by atoms with Gasteiger partial charge in [-0.05, 0) is 31.4 Å². The molecule has 0 bridgehead atoms. The van der Waals surface area contributed by atoms with Crippen LogP contribution in [0.5, 0.6) is 0 Å². The lowest BCUT2D eigenvalue weighted by atomic mass is 10.0. The van der Waals surface area contributed by atoms with Crippen molar-refractivity contribution in [2.45, 2.75) is 45.7 Å². The highest BCUT2D eigenvalue weighted by Crippen LogP contribution is 2.25. The van der Waals surface area contributed by atoms with Crippen molar-refractivity contribution in [3.05, 3.63) is 62.5 Å². The molecule has 2 N–H and O–H groups in total. The van der Waals surface area contributed by atoms with E-state index in [9.17, 15) is 9.59 Å². The van der Waals surface area contributed by atoms with Gasteiger partial charge in [0.2, 0.25) is 5.91 Å². The van der Waals surface area contributed by atoms with E-state index < -0.39 is 0 Å². The number of fused-ring (bicyclic) bond motifs is 1. The van der Waals surface area contributed by atoms with Crippen LogP contribution in [0.4, 0.5) is 0 Å². The summed E-state index contributed by atoms with van der Waals surface area (Å²) in [5, 5.41) is 4.25. The first-order valence-corrected chi connectivity index (χ1v) is 10.9. The molecule has 1 aromatic carbocycles. The summed E-state index contributed by atoms with van der Waals surface area (Å²) in [6, 6.07) is 10.4. The van der Waals surface area contributed by atoms with Gasteiger partial charge in [-0.2, -0.15) is 0 Å². The average molecular weight is 411 g/mol. The number of aryl methyl sites for hydroxylation is 2. The van der Waals surface area contributed by atoms with Crippen LogP contribution in [0, 0.1) is 13.8 Å². The Bertz CT molecular complexity index is 1070. The summed E-state index contributed by atoms with van der Waals surface area (Å²) in [5.41, 5.74) is 2.12. The maximum Gasteiger partial charge on any atom is 0.259 e. The first-order valence-electron chi connectivity index (χ1n) is 10.0. The van der Waals surface area contributed by atoms with Gasteiger partial charge in [-0.1, -0.05) is 30.3 Å². The van der Waals surface area contributed by atoms with Crippen LogP contribution in [0.25, 0.3) is 10.2 Å². The SMILES string of the molecule is Cc1sc2nc(CCNC3CCC(=O)N(Cc4ccccc4)C3)[nH]c(=O)c2c1C. The number of amides is 1. The lowest BCUT2D eigenvalue weighted by molar-refractivity contribution is -0.134. The van der Waals surface area contributed by atoms with Crippen LogP contribution < -0.4 is 10.9 Å². The number of hydrogen-bond donors (Lipinski definition) is 2. The number of nitrogens with zero attached hydrogens (tertiary/aromatic N) is 2. The highest BCUT2D eigenvalue weighted by atomic mass is 32.1. The molecule has 0 spiro atoms. The molecule has 1 aliphatic rings. The zero-order valence-electron chi connectivity index (χ0n) is 16.8. The molecule has 1 saturated heterocycles. The molecule has 3 heterocycles. The predicted octanol–water partition coefficient (Wildman–Crippen LogP) is 2.92. The quantitative estimate of drug-likeness (QED) is 0.655. The van der Waals surface area contributed by atoms with E-state index in [1.54, 1.807) is 11.3 Å². The Morgan fingerprint density at radius 2 is 2.03 bits per heavy atom. The van der Waals surface area contributed by atoms with Crippen molar-refractivity contribution >= 4 is 27.5 Å². The number of carbonyl (C=O) groups excluding carboxylic acids is 1. The highest BCUT2D eigenvalue weighted by Gasteiger charge is 2.25. The van der Waals surface area contributed by atoms with Gasteiger partial charge in [-0.15, -0.1) is 11.3 Å². The van der Waals surface area contributed by atoms with E-state index >= 15 is 0 Å². The van der Waals surface area contributed by atoms with Gasteiger partial charge in [-0.3, -0.25) is 9.59 Å². The largest absolute Gasteiger partial charge is 0.337 e. The Kier molecular flexibility index (Phi) is 5.78. The molecule has 1 fully saturated rings. The van der Waals surface area contributed by atoms with Crippen molar-refractivity contribution in [3.63, 3.8) is 0 Å². The molecule has 1 aliphatic heterocycles. The van der Waals surface area contributed by atoms with Crippen LogP contribution in [0.15, 0.2) is 35.1 Å². The number of nitrogens with one attached hydrogen (secondary N) is 2. The molecular weight excluding hydrogens is 384 g/mol. The van der Waals surface area contributed by atoms with Gasteiger partial charge in [-0.25, -0.2) is 4.98 Å². The van der Waals surface area contributed by atoms with Crippen LogP contribution in [-0.2, 0) is 17.8 Å². The second-order valence-electron chi connectivity index (χ2n) is 7.68. The van der Waals surface area contributed by atoms with Gasteiger partial charge >= 0.3 is 0 Å². The smallest absolute Gasteiger partial charge is 0.259 e. The van der Waals surface area contributed by atoms with E-state index in [1.807, 2.05) is 36.9 Å². The Hall–Kier alpha value is -2.51. The minimum absolute atomic E-state index is 0.0517. The zero-order chi connectivity index (χ0) is 20.4. The second-order valence-corrected chi connectivity index (χ2v) is 8.88. The van der Waals surface area contributed by atoms with Crippen molar-refractivity contribution in [3.8, 4) is 0 Å². The van der Waals surface area contributed by atoms with Crippen molar-refractivity contribution < 1.29 is 4.79 Å². The van der Waals surface area contributed by atoms with Crippen LogP contribution in [0.1, 0.15) is 34.7 Å². The first-order chi connectivity index (χ1) is 14.0. The van der Waals surface area contributed by atoms with Crippen LogP contribution in [0.2, 0.25) is 0 Å². The molecule has 152 valence electrons. The first kappa shape index (κ1) is 19.8. The van der Waals surface area contributed by atoms with Crippen molar-refractivity contribution in [1.82, 2.24) is 20.2 Å². The number of aromatic amines is 1. The molecule has 0 aliphatic carbocycles. The molecule has 6 nitrogen and oxygen atoms in total. The number of carbonyl (C=O) groups is 1. The number of aromatic nitrogens is 2. The molecule has 1 unspecified atom stereocenters. The third-order valence-corrected chi connectivity index (χ3v) is 6.70. The van der Waals surface area contributed by atoms with Crippen LogP contribution in [-0.4, -0.2) is 39.9 Å². The molecule has 4 rings (SSSR count). The lowest BCUT2D eigenvalue weighted by Crippen LogP contribution is -2.48. The number of hydrogen-bond acceptors (Lipinski definition) is 5. The Morgan fingerprint density at radius 3 is 2.83 bits per heavy atom. The standard InChI is InChI=1S/C22H26N4O2S/c1-14-15(2)29-22-20(14)21(28)24-18(25-22)10-11-23-17-8-9-19(27)26(13-17)12-16-6-4-3-5-7-16/h3-7,17,23H,8-13H2,1-2H3,(H,24,25,28). The summed E-state index contributed by atoms with van der Waals surface area (Å²) < 4.78 is 0. The highest BCUT2D eigenvalue weighted by molar-refractivity contribution is 7.18. The van der Waals surface area contributed by atoms with E-state index in [0.717, 1.165) is 33.8 Å². The predicted molar refractivity (Wildman–Crippen MR) is 116 cm³/mol. The third kappa shape index (κ3) is 4.41. The minimum Gasteiger partial charge on any atom is -0.337 e. The number of rotatable bonds is 6. The molecule has 3 aromatic rings. The van der Waals surface area contributed by atoms with Gasteiger partial charge in [0, 0.05) is 43.4 Å². The van der Waals surface area contributed by atoms with Gasteiger partial charge in [0.25, 0.3) is 5.56 Å². The summed E-state index contributed by atoms with van der Waals surface area (Å²) in [7, 11) is 0. The molecular formula is C22H26N4O2S. The summed E-state index contributed by atoms with van der Waals surface area (Å²) in [5.74, 6) is 0.927. The van der Waals surface area contributed by atoms with Gasteiger partial charge in [0.05, 0.1) is 5.39 Å². The number of H-pyrrole nitrogens is 1. The molecule has 0 saturated carbocycles. The average Bonchev–Trinajstić information content (AvgIpc) is 2.99. The van der Waals surface area contributed by atoms with Crippen molar-refractivity contribution in [2.24, 2.45) is 0 Å². The van der Waals surface area contributed by atoms with E-state index in [2.05, 4.69) is 27.4 Å². The molecule has 1 atom stereocenters. The fourth-order valence-electron chi connectivity index (χ4n) is 3.85. The third-order valence-electron chi connectivity index (χ3n) is 5.60. The van der Waals surface area contributed by atoms with Crippen LogP contribution >= 0.6 is 11.3 Å². The summed E-state index contributed by atoms with van der Waals surface area (Å²) in [4.78, 5) is 36.1. The normalized spacial score (nSPS) is 17.2. The van der Waals surface area contributed by atoms with E-state index in [4.69, 9.17) is 0 Å². The van der Waals surface area contributed by atoms with Crippen LogP contribution in [0.3, 0.4) is 0 Å². The van der Waals surface area contributed by atoms with Gasteiger partial charge in [0.1, 0.15) is 10.7 Å². The summed E-state index contributed by atoms with van der Waals surface area (Å²) >= 11 is 1.57. The Balaban J connectivity index is 1.35. The van der Waals surface area contributed by atoms with Crippen molar-refractivity contribution in [2.75, 3.05) is 13.1 Å².